The van der Waals surface area contributed by atoms with Crippen molar-refractivity contribution in [3.05, 3.63) is 165 Å². The maximum Gasteiger partial charge on any atom is 2.00 e. The molecule has 0 radical (unpaired) electrons. The predicted octanol–water partition coefficient (Wildman–Crippen LogP) is 5.10. The monoisotopic (exact) mass is 919 g/mol. The minimum absolute atomic E-state index is 0. The van der Waals surface area contributed by atoms with E-state index in [-0.39, 0.29) is 45.5 Å². The molecule has 0 saturated carbocycles. The van der Waals surface area contributed by atoms with Gasteiger partial charge in [0.25, 0.3) is 0 Å². The van der Waals surface area contributed by atoms with E-state index in [2.05, 4.69) is 171 Å². The maximum atomic E-state index is 4.73. The Kier molecular flexibility index (Phi) is 29.9. The topological polar surface area (TPSA) is 93.3 Å². The van der Waals surface area contributed by atoms with Crippen LogP contribution in [-0.4, -0.2) is 113 Å². The Morgan fingerprint density at radius 3 is 1.08 bits per heavy atom. The summed E-state index contributed by atoms with van der Waals surface area (Å²) in [5.41, 5.74) is 11.3. The van der Waals surface area contributed by atoms with Gasteiger partial charge in [0.15, 0.2) is 23.8 Å². The van der Waals surface area contributed by atoms with Crippen LogP contribution in [0, 0.1) is 6.92 Å². The molecule has 5 aromatic rings. The normalized spacial score (nSPS) is 11.0. The first-order chi connectivity index (χ1) is 29.2. The van der Waals surface area contributed by atoms with Crippen molar-refractivity contribution >= 4 is 69.5 Å². The first kappa shape index (κ1) is 56.3. The number of pyridine rings is 2. The summed E-state index contributed by atoms with van der Waals surface area (Å²) in [4.78, 5) is 16.2. The molecule has 0 aliphatic carbocycles. The molecule has 0 aliphatic heterocycles. The van der Waals surface area contributed by atoms with E-state index in [9.17, 15) is 0 Å². The predicted molar refractivity (Wildman–Crippen MR) is 265 cm³/mol. The van der Waals surface area contributed by atoms with Crippen molar-refractivity contribution in [1.29, 1.82) is 0 Å². The van der Waals surface area contributed by atoms with Crippen LogP contribution in [0.15, 0.2) is 116 Å². The molecule has 5 rings (SSSR count). The molecule has 2 heterocycles. The number of nitrogens with one attached hydrogen (secondary N) is 6. The van der Waals surface area contributed by atoms with Gasteiger partial charge < -0.3 is 19.8 Å². The summed E-state index contributed by atoms with van der Waals surface area (Å²) in [7, 11) is 8.73. The van der Waals surface area contributed by atoms with Crippen molar-refractivity contribution in [2.75, 3.05) is 54.4 Å². The number of hydrogen-bond acceptors (Lipinski definition) is 0. The summed E-state index contributed by atoms with van der Waals surface area (Å²) in [5, 5.41) is 9.47. The second kappa shape index (κ2) is 32.9. The van der Waals surface area contributed by atoms with E-state index in [1.54, 1.807) is 0 Å². The molecule has 0 saturated heterocycles. The van der Waals surface area contributed by atoms with E-state index in [1.807, 2.05) is 67.5 Å². The molecule has 0 atom stereocenters. The van der Waals surface area contributed by atoms with Gasteiger partial charge >= 0.3 is 45.5 Å². The Hall–Kier alpha value is -3.70. The van der Waals surface area contributed by atoms with Crippen molar-refractivity contribution in [3.8, 4) is 0 Å². The fourth-order valence-corrected chi connectivity index (χ4v) is 6.29. The third-order valence-corrected chi connectivity index (χ3v) is 9.94. The Labute approximate surface area is 414 Å². The minimum atomic E-state index is 0. The Morgan fingerprint density at radius 2 is 0.823 bits per heavy atom. The minimum Gasteiger partial charge on any atom is -0.376 e. The molecule has 0 amide bonds. The van der Waals surface area contributed by atoms with Gasteiger partial charge in [0.2, 0.25) is 0 Å². The van der Waals surface area contributed by atoms with Gasteiger partial charge in [-0.15, -0.1) is 0 Å². The number of hydrogen-bond donors (Lipinski definition) is 4. The first-order valence-electron chi connectivity index (χ1n) is 22.5. The average Bonchev–Trinajstić information content (AvgIpc) is 3.24. The zero-order valence-electron chi connectivity index (χ0n) is 40.8. The van der Waals surface area contributed by atoms with Crippen molar-refractivity contribution in [3.63, 3.8) is 0 Å². The smallest absolute Gasteiger partial charge is 0.376 e. The largest absolute Gasteiger partial charge is 2.00 e. The zero-order chi connectivity index (χ0) is 45.0. The van der Waals surface area contributed by atoms with Crippen molar-refractivity contribution in [1.82, 2.24) is 0 Å². The van der Waals surface area contributed by atoms with Gasteiger partial charge in [-0.3, -0.25) is 0 Å². The number of aryl methyl sites for hydroxylation is 1. The molecule has 3 aromatic carbocycles. The number of quaternary nitrogens is 2. The fraction of sp³-hybridized carbons (Fsp3) is 0.434. The van der Waals surface area contributed by atoms with E-state index in [1.165, 1.54) is 62.1 Å². The molecule has 0 fully saturated rings. The number of aromatic nitrogens is 2. The number of aromatic amines is 2. The molecule has 2 aromatic heterocycles. The van der Waals surface area contributed by atoms with Gasteiger partial charge in [0.05, 0.1) is 52.2 Å². The molecule has 8 nitrogen and oxygen atoms in total. The summed E-state index contributed by atoms with van der Waals surface area (Å²) in [6.07, 6.45) is 9.51. The summed E-state index contributed by atoms with van der Waals surface area (Å²) in [5.74, 6) is 1.89. The van der Waals surface area contributed by atoms with E-state index in [0.29, 0.717) is 23.7 Å². The van der Waals surface area contributed by atoms with Crippen LogP contribution in [0.4, 0.5) is 11.4 Å². The molecule has 62 heavy (non-hydrogen) atoms. The van der Waals surface area contributed by atoms with Crippen LogP contribution in [0.1, 0.15) is 118 Å². The second-order valence-corrected chi connectivity index (χ2v) is 17.5. The zero-order valence-corrected chi connectivity index (χ0v) is 44.3. The Morgan fingerprint density at radius 1 is 0.484 bits per heavy atom. The van der Waals surface area contributed by atoms with Crippen LogP contribution in [0.2, 0.25) is 0 Å². The molecule has 0 bridgehead atoms. The van der Waals surface area contributed by atoms with Crippen LogP contribution in [-0.2, 0) is 12.8 Å². The van der Waals surface area contributed by atoms with E-state index < -0.39 is 0 Å². The molecule has 0 spiro atoms. The first-order valence-corrected chi connectivity index (χ1v) is 22.5. The third-order valence-electron chi connectivity index (χ3n) is 9.94. The number of likely N-dealkylation sites (N-methyl/N-ethyl adjacent to an activating group) is 2. The number of nitrogens with zero attached hydrogens (tertiary/aromatic N) is 2. The quantitative estimate of drug-likeness (QED) is 0.0569. The second-order valence-electron chi connectivity index (χ2n) is 17.5. The Balaban J connectivity index is 0.000000461. The standard InChI is InChI=1S/2C20H26N3.C7H8.C6H16N2.Sr/c2*1-15(2)18-9-7-10-19(16(3)4)20(18)23-14-21-13-11-17-8-5-6-12-22-17;1-7-5-3-2-4-6-7;1-7(2)5-6-8(3)4;/h2*5-10,12,14-16H,11,13H2,1-4H3;2-6H,1H3;5-6H2,1-4H3;/q2*-1;;;+2/p+6. The van der Waals surface area contributed by atoms with Gasteiger partial charge in [-0.05, 0) is 52.8 Å². The Bertz CT molecular complexity index is 1750. The number of H-pyrrole nitrogens is 2. The third kappa shape index (κ3) is 23.7. The van der Waals surface area contributed by atoms with Gasteiger partial charge in [-0.1, -0.05) is 140 Å². The molecule has 0 unspecified atom stereocenters. The molecule has 9 heteroatoms. The summed E-state index contributed by atoms with van der Waals surface area (Å²) >= 11 is 0. The van der Waals surface area contributed by atoms with E-state index in [0.717, 1.165) is 37.3 Å². The molecule has 6 N–H and O–H groups in total. The van der Waals surface area contributed by atoms with Crippen molar-refractivity contribution in [2.24, 2.45) is 0 Å². The average molecular weight is 919 g/mol. The van der Waals surface area contributed by atoms with Gasteiger partial charge in [0, 0.05) is 50.2 Å². The number of para-hydroxylation sites is 2. The van der Waals surface area contributed by atoms with Crippen LogP contribution < -0.4 is 29.8 Å². The molecule has 0 aliphatic rings. The maximum absolute atomic E-state index is 4.73. The van der Waals surface area contributed by atoms with Crippen molar-refractivity contribution < 1.29 is 29.8 Å². The molecular formula is C53H82N8Sr+6. The number of rotatable bonds is 17. The van der Waals surface area contributed by atoms with Crippen LogP contribution in [0.25, 0.3) is 10.6 Å². The summed E-state index contributed by atoms with van der Waals surface area (Å²) < 4.78 is 0. The van der Waals surface area contributed by atoms with Gasteiger partial charge in [-0.2, -0.15) is 0 Å². The van der Waals surface area contributed by atoms with Crippen LogP contribution in [0.3, 0.4) is 0 Å². The van der Waals surface area contributed by atoms with E-state index in [4.69, 9.17) is 10.6 Å². The van der Waals surface area contributed by atoms with Crippen molar-refractivity contribution in [2.45, 2.75) is 98.8 Å². The SMILES string of the molecule is CC(C)c1cccc(C(C)C)c1[N-]C=[NH+]CCc1cccc[nH+]1.CC(C)c1cccc(C(C)C)c1[N-]C=[NH+]CCc1cccc[nH+]1.C[NH+](C)CC[NH+](C)C.Cc1ccccc1.[Sr+2]. The number of benzene rings is 3. The molecule has 330 valence electrons. The molecular weight excluding hydrogens is 836 g/mol. The van der Waals surface area contributed by atoms with Gasteiger partial charge in [0.1, 0.15) is 13.1 Å². The van der Waals surface area contributed by atoms with E-state index >= 15 is 0 Å². The van der Waals surface area contributed by atoms with Crippen LogP contribution in [0.5, 0.6) is 0 Å². The summed E-state index contributed by atoms with van der Waals surface area (Å²) in [6, 6.07) is 35.6. The van der Waals surface area contributed by atoms with Gasteiger partial charge in [-0.25, -0.2) is 20.6 Å². The summed E-state index contributed by atoms with van der Waals surface area (Å²) in [6.45, 7) is 24.1. The van der Waals surface area contributed by atoms with Crippen LogP contribution >= 0.6 is 0 Å². The fourth-order valence-electron chi connectivity index (χ4n) is 6.29.